The van der Waals surface area contributed by atoms with Crippen molar-refractivity contribution in [3.63, 3.8) is 0 Å². The van der Waals surface area contributed by atoms with E-state index in [2.05, 4.69) is 10.2 Å². The summed E-state index contributed by atoms with van der Waals surface area (Å²) in [7, 11) is 0. The topological polar surface area (TPSA) is 76.6 Å². The van der Waals surface area contributed by atoms with E-state index in [0.29, 0.717) is 47.5 Å². The molecule has 4 aromatic rings. The molecule has 0 bridgehead atoms. The molecule has 0 atom stereocenters. The number of H-pyrrole nitrogens is 1. The van der Waals surface area contributed by atoms with Crippen LogP contribution in [-0.4, -0.2) is 21.9 Å². The molecule has 0 aliphatic carbocycles. The molecule has 0 amide bonds. The maximum Gasteiger partial charge on any atom is 0.173 e. The van der Waals surface area contributed by atoms with Gasteiger partial charge < -0.3 is 19.3 Å². The number of phenolic OH excluding ortho intramolecular Hbond substituents is 1. The number of aromatic hydroxyl groups is 1. The normalized spacial score (nSPS) is 10.6. The van der Waals surface area contributed by atoms with Crippen molar-refractivity contribution >= 4 is 0 Å². The third-order valence-corrected chi connectivity index (χ3v) is 4.74. The van der Waals surface area contributed by atoms with Gasteiger partial charge in [0, 0.05) is 11.6 Å². The van der Waals surface area contributed by atoms with Gasteiger partial charge in [0.1, 0.15) is 23.8 Å². The van der Waals surface area contributed by atoms with Crippen LogP contribution in [0.1, 0.15) is 18.1 Å². The zero-order valence-electron chi connectivity index (χ0n) is 17.5. The number of rotatable bonds is 8. The molecule has 0 saturated carbocycles. The van der Waals surface area contributed by atoms with Crippen LogP contribution in [0.25, 0.3) is 11.3 Å². The Balaban J connectivity index is 1.52. The predicted octanol–water partition coefficient (Wildman–Crippen LogP) is 5.86. The number of aryl methyl sites for hydroxylation is 1. The lowest BCUT2D eigenvalue weighted by Crippen LogP contribution is -1.96. The summed E-state index contributed by atoms with van der Waals surface area (Å²) in [5.74, 6) is 2.33. The van der Waals surface area contributed by atoms with Crippen LogP contribution in [0.4, 0.5) is 0 Å². The first-order valence-corrected chi connectivity index (χ1v) is 10.1. The largest absolute Gasteiger partial charge is 0.507 e. The van der Waals surface area contributed by atoms with Crippen molar-refractivity contribution in [3.8, 4) is 40.0 Å². The smallest absolute Gasteiger partial charge is 0.173 e. The summed E-state index contributed by atoms with van der Waals surface area (Å²) in [6.07, 6.45) is 1.57. The van der Waals surface area contributed by atoms with Crippen molar-refractivity contribution in [1.82, 2.24) is 10.2 Å². The van der Waals surface area contributed by atoms with Gasteiger partial charge in [0.15, 0.2) is 17.2 Å². The van der Waals surface area contributed by atoms with Crippen molar-refractivity contribution in [1.29, 1.82) is 0 Å². The second-order valence-corrected chi connectivity index (χ2v) is 7.04. The minimum atomic E-state index is 0.0635. The van der Waals surface area contributed by atoms with Gasteiger partial charge in [-0.2, -0.15) is 5.10 Å². The van der Waals surface area contributed by atoms with Gasteiger partial charge in [0.05, 0.1) is 12.8 Å². The van der Waals surface area contributed by atoms with Crippen LogP contribution >= 0.6 is 0 Å². The van der Waals surface area contributed by atoms with E-state index in [9.17, 15) is 5.11 Å². The molecule has 6 heteroatoms. The Labute approximate surface area is 181 Å². The molecule has 158 valence electrons. The van der Waals surface area contributed by atoms with E-state index in [1.54, 1.807) is 18.3 Å². The molecule has 0 aliphatic rings. The first kappa shape index (κ1) is 20.3. The van der Waals surface area contributed by atoms with Crippen molar-refractivity contribution < 1.29 is 19.3 Å². The van der Waals surface area contributed by atoms with Crippen LogP contribution in [0.2, 0.25) is 0 Å². The number of ether oxygens (including phenoxy) is 3. The third kappa shape index (κ3) is 4.80. The van der Waals surface area contributed by atoms with E-state index in [0.717, 1.165) is 5.56 Å². The Morgan fingerprint density at radius 3 is 2.42 bits per heavy atom. The first-order valence-electron chi connectivity index (χ1n) is 10.1. The quantitative estimate of drug-likeness (QED) is 0.376. The van der Waals surface area contributed by atoms with Crippen molar-refractivity contribution in [2.45, 2.75) is 20.5 Å². The van der Waals surface area contributed by atoms with Gasteiger partial charge in [-0.3, -0.25) is 5.10 Å². The van der Waals surface area contributed by atoms with E-state index in [4.69, 9.17) is 14.2 Å². The summed E-state index contributed by atoms with van der Waals surface area (Å²) in [6.45, 7) is 4.92. The molecule has 31 heavy (non-hydrogen) atoms. The van der Waals surface area contributed by atoms with Gasteiger partial charge in [-0.25, -0.2) is 0 Å². The lowest BCUT2D eigenvalue weighted by molar-refractivity contribution is 0.304. The number of aromatic amines is 1. The van der Waals surface area contributed by atoms with Crippen LogP contribution in [0.5, 0.6) is 28.7 Å². The Morgan fingerprint density at radius 1 is 0.903 bits per heavy atom. The summed E-state index contributed by atoms with van der Waals surface area (Å²) >= 11 is 0. The number of nitrogens with one attached hydrogen (secondary N) is 1. The Hall–Kier alpha value is -3.93. The fourth-order valence-corrected chi connectivity index (χ4v) is 3.14. The van der Waals surface area contributed by atoms with Crippen LogP contribution in [0.3, 0.4) is 0 Å². The van der Waals surface area contributed by atoms with Gasteiger partial charge >= 0.3 is 0 Å². The Bertz CT molecular complexity index is 1150. The molecule has 2 N–H and O–H groups in total. The predicted molar refractivity (Wildman–Crippen MR) is 119 cm³/mol. The zero-order chi connectivity index (χ0) is 21.6. The first-order chi connectivity index (χ1) is 15.1. The summed E-state index contributed by atoms with van der Waals surface area (Å²) in [4.78, 5) is 0. The van der Waals surface area contributed by atoms with Gasteiger partial charge in [-0.15, -0.1) is 0 Å². The van der Waals surface area contributed by atoms with E-state index >= 15 is 0 Å². The van der Waals surface area contributed by atoms with Crippen molar-refractivity contribution in [3.05, 3.63) is 84.1 Å². The highest BCUT2D eigenvalue weighted by molar-refractivity contribution is 5.73. The van der Waals surface area contributed by atoms with Gasteiger partial charge in [-0.1, -0.05) is 42.0 Å². The molecular formula is C25H24N2O4. The van der Waals surface area contributed by atoms with Gasteiger partial charge in [0.2, 0.25) is 0 Å². The minimum Gasteiger partial charge on any atom is -0.507 e. The average molecular weight is 416 g/mol. The maximum absolute atomic E-state index is 10.6. The zero-order valence-corrected chi connectivity index (χ0v) is 17.5. The fraction of sp³-hybridized carbons (Fsp3) is 0.160. The molecule has 0 fully saturated rings. The Morgan fingerprint density at radius 2 is 1.68 bits per heavy atom. The van der Waals surface area contributed by atoms with Crippen LogP contribution in [0.15, 0.2) is 72.9 Å². The number of nitrogens with zero attached hydrogens (tertiary/aromatic N) is 1. The van der Waals surface area contributed by atoms with Crippen molar-refractivity contribution in [2.75, 3.05) is 6.61 Å². The van der Waals surface area contributed by atoms with Gasteiger partial charge in [0.25, 0.3) is 0 Å². The molecule has 1 aromatic heterocycles. The number of para-hydroxylation sites is 2. The van der Waals surface area contributed by atoms with E-state index in [1.807, 2.05) is 68.4 Å². The molecule has 0 radical (unpaired) electrons. The molecule has 4 rings (SSSR count). The van der Waals surface area contributed by atoms with E-state index in [1.165, 1.54) is 5.56 Å². The van der Waals surface area contributed by atoms with E-state index < -0.39 is 0 Å². The summed E-state index contributed by atoms with van der Waals surface area (Å²) in [6, 6.07) is 20.7. The second kappa shape index (κ2) is 9.26. The lowest BCUT2D eigenvalue weighted by atomic mass is 10.1. The third-order valence-electron chi connectivity index (χ3n) is 4.74. The highest BCUT2D eigenvalue weighted by Gasteiger charge is 2.16. The SMILES string of the molecule is CCOc1ccccc1Oc1cn[nH]c1-c1ccc(OCc2ccc(C)cc2)cc1O. The molecule has 1 heterocycles. The minimum absolute atomic E-state index is 0.0635. The van der Waals surface area contributed by atoms with Crippen LogP contribution in [-0.2, 0) is 6.61 Å². The lowest BCUT2D eigenvalue weighted by Gasteiger charge is -2.12. The molecular weight excluding hydrogens is 392 g/mol. The van der Waals surface area contributed by atoms with Crippen LogP contribution < -0.4 is 14.2 Å². The van der Waals surface area contributed by atoms with Crippen molar-refractivity contribution in [2.24, 2.45) is 0 Å². The number of benzene rings is 3. The average Bonchev–Trinajstić information content (AvgIpc) is 3.23. The number of hydrogen-bond donors (Lipinski definition) is 2. The summed E-state index contributed by atoms with van der Waals surface area (Å²) in [5, 5.41) is 17.6. The summed E-state index contributed by atoms with van der Waals surface area (Å²) in [5.41, 5.74) is 3.39. The molecule has 0 saturated heterocycles. The van der Waals surface area contributed by atoms with E-state index in [-0.39, 0.29) is 5.75 Å². The number of phenols is 1. The molecule has 0 spiro atoms. The highest BCUT2D eigenvalue weighted by Crippen LogP contribution is 2.40. The monoisotopic (exact) mass is 416 g/mol. The number of aromatic nitrogens is 2. The fourth-order valence-electron chi connectivity index (χ4n) is 3.14. The standard InChI is InChI=1S/C25H24N2O4/c1-3-29-22-6-4-5-7-23(22)31-24-15-26-27-25(24)20-13-12-19(14-21(20)28)30-16-18-10-8-17(2)9-11-18/h4-15,28H,3,16H2,1-2H3,(H,26,27). The highest BCUT2D eigenvalue weighted by atomic mass is 16.5. The molecule has 6 nitrogen and oxygen atoms in total. The Kier molecular flexibility index (Phi) is 6.08. The summed E-state index contributed by atoms with van der Waals surface area (Å²) < 4.78 is 17.5. The second-order valence-electron chi connectivity index (χ2n) is 7.04. The van der Waals surface area contributed by atoms with Gasteiger partial charge in [-0.05, 0) is 43.7 Å². The molecule has 0 aliphatic heterocycles. The van der Waals surface area contributed by atoms with Crippen LogP contribution in [0, 0.1) is 6.92 Å². The number of hydrogen-bond acceptors (Lipinski definition) is 5. The maximum atomic E-state index is 10.6. The molecule has 0 unspecified atom stereocenters. The molecule has 3 aromatic carbocycles.